The van der Waals surface area contributed by atoms with Crippen LogP contribution in [0.5, 0.6) is 0 Å². The molecule has 18 amide bonds. The lowest BCUT2D eigenvalue weighted by Gasteiger charge is -2.34. The van der Waals surface area contributed by atoms with Crippen LogP contribution in [-0.2, 0) is 102 Å². The van der Waals surface area contributed by atoms with E-state index in [1.165, 1.54) is 50.8 Å². The average Bonchev–Trinajstić information content (AvgIpc) is 1.66. The van der Waals surface area contributed by atoms with Crippen LogP contribution in [-0.4, -0.2) is 316 Å². The predicted octanol–water partition coefficient (Wildman–Crippen LogP) is -2.44. The number of H-pyrrole nitrogens is 1. The number of carboxylic acids is 2. The number of carbonyl (C=O) groups is 20. The number of pyridine rings is 1. The summed E-state index contributed by atoms with van der Waals surface area (Å²) in [5, 5.41) is 72.6. The molecule has 24 N–H and O–H groups in total. The Kier molecular flexibility index (Phi) is 47.6. The number of aromatic nitrogens is 3. The second kappa shape index (κ2) is 57.3. The van der Waals surface area contributed by atoms with Gasteiger partial charge in [-0.3, -0.25) is 96.5 Å². The highest BCUT2D eigenvalue weighted by Gasteiger charge is 2.48. The molecule has 4 aliphatic heterocycles. The summed E-state index contributed by atoms with van der Waals surface area (Å²) in [7, 11) is 2.96. The van der Waals surface area contributed by atoms with Crippen molar-refractivity contribution >= 4 is 146 Å². The lowest BCUT2D eigenvalue weighted by atomic mass is 9.95. The van der Waals surface area contributed by atoms with Gasteiger partial charge in [0.1, 0.15) is 95.7 Å². The summed E-state index contributed by atoms with van der Waals surface area (Å²) >= 11 is 0. The molecule has 0 bridgehead atoms. The number of aliphatic hydroxyl groups is 1. The van der Waals surface area contributed by atoms with Crippen LogP contribution in [0.15, 0.2) is 41.9 Å². The second-order valence-electron chi connectivity index (χ2n) is 37.0. The van der Waals surface area contributed by atoms with Crippen LogP contribution < -0.4 is 86.3 Å². The highest BCUT2D eigenvalue weighted by Crippen LogP contribution is 2.31. The number of amides is 18. The summed E-state index contributed by atoms with van der Waals surface area (Å²) in [5.74, 6) is -20.7. The van der Waals surface area contributed by atoms with Crippen LogP contribution in [0.2, 0.25) is 0 Å². The minimum Gasteiger partial charge on any atom is -0.481 e. The van der Waals surface area contributed by atoms with Crippen molar-refractivity contribution in [1.29, 1.82) is 5.41 Å². The number of aliphatic hydroxyl groups excluding tert-OH is 1. The van der Waals surface area contributed by atoms with Crippen molar-refractivity contribution < 1.29 is 111 Å². The van der Waals surface area contributed by atoms with E-state index in [-0.39, 0.29) is 128 Å². The number of aromatic amines is 1. The number of guanidine groups is 1. The number of carbonyl (C=O) groups excluding carboxylic acids is 18. The quantitative estimate of drug-likeness (QED) is 0.0142. The molecule has 47 nitrogen and oxygen atoms in total. The molecule has 0 saturated carbocycles. The molecule has 139 heavy (non-hydrogen) atoms. The van der Waals surface area contributed by atoms with E-state index in [9.17, 15) is 102 Å². The Morgan fingerprint density at radius 1 is 0.482 bits per heavy atom. The average molecular weight is 1990 g/mol. The maximum absolute atomic E-state index is 15.2. The molecule has 4 saturated heterocycles. The molecule has 0 unspecified atom stereocenters. The van der Waals surface area contributed by atoms with Crippen molar-refractivity contribution in [3.05, 3.63) is 42.6 Å². The second-order valence-corrected chi connectivity index (χ2v) is 39.4. The van der Waals surface area contributed by atoms with Crippen molar-refractivity contribution in [2.75, 3.05) is 45.0 Å². The van der Waals surface area contributed by atoms with Gasteiger partial charge in [-0.15, -0.1) is 0 Å². The summed E-state index contributed by atoms with van der Waals surface area (Å²) in [6.45, 7) is 18.0. The number of nitrogens with two attached hydrogens (primary N) is 3. The molecule has 772 valence electrons. The summed E-state index contributed by atoms with van der Waals surface area (Å²) in [6, 6.07) is -16.1. The molecule has 2 aromatic rings. The first-order valence-corrected chi connectivity index (χ1v) is 49.8. The SMILES string of the molecule is CC[C@H](C)[C@H](NC(=O)[C@H](CC(N)=O)NC(=O)[C@H](CC(C)C)NC(=O)[C@@H]1CCCN1C(=O)[C@@H]1CCCN1C(=O)[C@H](Cc1cnc[nH]1)NC(=O)[C@@H](NC(=O)[C@@H](NC(=O)[C@@H]1CCCN1C(=O)[C@H](CC(N)=O)NC(=O)[C@H](CCC(=O)O)NC(=O)CCCCCNC(=O)CCSSc1ccccn1)C(C)C)C(C)C)C(=O)N[C@H](C(=O)N[C@H](C(=O)N1CCC[C@H]1C(=O)N[C@@H](CCCNC(=N)N)C(=O)O)[C@@H](C)O)C(C)C. The molecule has 4 fully saturated rings. The molecule has 0 aromatic carbocycles. The van der Waals surface area contributed by atoms with Crippen LogP contribution in [0.1, 0.15) is 217 Å². The lowest BCUT2D eigenvalue weighted by molar-refractivity contribution is -0.148. The number of hydrogen-bond donors (Lipinski definition) is 21. The maximum Gasteiger partial charge on any atom is 0.326 e. The van der Waals surface area contributed by atoms with E-state index in [0.717, 1.165) is 14.8 Å². The molecule has 2 aromatic heterocycles. The van der Waals surface area contributed by atoms with Crippen molar-refractivity contribution in [3.8, 4) is 0 Å². The fraction of sp³-hybridized carbons (Fsp3) is 0.678. The first-order valence-electron chi connectivity index (χ1n) is 47.5. The Morgan fingerprint density at radius 3 is 1.50 bits per heavy atom. The van der Waals surface area contributed by atoms with Crippen molar-refractivity contribution in [2.24, 2.45) is 46.8 Å². The first-order chi connectivity index (χ1) is 65.7. The third kappa shape index (κ3) is 36.8. The van der Waals surface area contributed by atoms with Gasteiger partial charge < -0.3 is 126 Å². The molecule has 49 heteroatoms. The topological polar surface area (TPSA) is 715 Å². The van der Waals surface area contributed by atoms with Gasteiger partial charge >= 0.3 is 11.9 Å². The standard InChI is InChI=1S/C90H142N24O23S2/c1-12-51(10)73(84(131)108-72(50(8)9)83(130)110-74(52(11)115)88(135)113-38-21-25-61(113)78(125)101-55(89(136)137)23-18-35-98-90(93)94)109-77(124)57(43-64(91)116)102-76(123)56(41-47(2)3)103-79(126)60-24-20-37-112(60)87(134)63-27-22-39-114(63)85(132)58(42-53-45-95-46-99-53)105-81(128)70(48(4)5)107-82(129)71(49(6)7)106-80(127)62-26-19-36-111(62)86(133)59(44-65(92)117)104-75(122)54(30-31-69(120)121)100-67(119)28-14-13-16-33-96-66(118)32-40-138-139-68-29-15-17-34-97-68/h15,17,29,34,45-52,54-63,70-74,115H,12-14,16,18-28,30-33,35-44H2,1-11H3,(H2,91,116)(H2,92,117)(H,95,99)(H,96,118)(H,100,119)(H,101,125)(H,102,123)(H,103,126)(H,104,122)(H,105,128)(H,106,127)(H,107,129)(H,108,131)(H,109,124)(H,110,130)(H,120,121)(H,136,137)(H4,93,94,98)/t51-,52+,54-,55-,56-,57-,58-,59-,60-,61-,62-,63-,70-,71-,72-,73-,74-/m0/s1. The summed E-state index contributed by atoms with van der Waals surface area (Å²) in [4.78, 5) is 294. The molecular weight excluding hydrogens is 1850 g/mol. The van der Waals surface area contributed by atoms with Gasteiger partial charge in [0.2, 0.25) is 106 Å². The first kappa shape index (κ1) is 115. The van der Waals surface area contributed by atoms with Crippen LogP contribution in [0, 0.1) is 35.0 Å². The largest absolute Gasteiger partial charge is 0.481 e. The van der Waals surface area contributed by atoms with E-state index in [0.29, 0.717) is 56.5 Å². The Bertz CT molecular complexity index is 4590. The third-order valence-electron chi connectivity index (χ3n) is 24.4. The van der Waals surface area contributed by atoms with Crippen LogP contribution in [0.3, 0.4) is 0 Å². The highest BCUT2D eigenvalue weighted by molar-refractivity contribution is 8.76. The van der Waals surface area contributed by atoms with E-state index in [2.05, 4.69) is 84.1 Å². The fourth-order valence-electron chi connectivity index (χ4n) is 16.7. The number of carboxylic acid groups (broad SMARTS) is 2. The molecule has 6 rings (SSSR count). The highest BCUT2D eigenvalue weighted by atomic mass is 33.1. The Labute approximate surface area is 815 Å². The van der Waals surface area contributed by atoms with Crippen LogP contribution in [0.25, 0.3) is 0 Å². The van der Waals surface area contributed by atoms with E-state index >= 15 is 9.59 Å². The number of imidazole rings is 1. The van der Waals surface area contributed by atoms with E-state index in [1.54, 1.807) is 75.4 Å². The maximum atomic E-state index is 15.2. The number of nitrogens with zero attached hydrogens (tertiary/aromatic N) is 6. The predicted molar refractivity (Wildman–Crippen MR) is 508 cm³/mol. The number of primary amides is 2. The van der Waals surface area contributed by atoms with E-state index < -0.39 is 258 Å². The van der Waals surface area contributed by atoms with Gasteiger partial charge in [0.05, 0.1) is 25.3 Å². The van der Waals surface area contributed by atoms with Gasteiger partial charge in [-0.25, -0.2) is 14.8 Å². The van der Waals surface area contributed by atoms with Gasteiger partial charge in [-0.1, -0.05) is 98.9 Å². The lowest BCUT2D eigenvalue weighted by Crippen LogP contribution is -2.63. The Hall–Kier alpha value is -12.3. The van der Waals surface area contributed by atoms with Crippen molar-refractivity contribution in [1.82, 2.24) is 104 Å². The number of aliphatic carboxylic acids is 2. The molecular formula is C90H142N24O23S2. The number of likely N-dealkylation sites (tertiary alicyclic amines) is 4. The summed E-state index contributed by atoms with van der Waals surface area (Å²) in [5.41, 5.74) is 17.0. The summed E-state index contributed by atoms with van der Waals surface area (Å²) in [6.07, 6.45) is 3.41. The smallest absolute Gasteiger partial charge is 0.326 e. The van der Waals surface area contributed by atoms with Crippen molar-refractivity contribution in [3.63, 3.8) is 0 Å². The van der Waals surface area contributed by atoms with Gasteiger partial charge in [-0.05, 0) is 149 Å². The fourth-order valence-corrected chi connectivity index (χ4v) is 18.6. The van der Waals surface area contributed by atoms with Crippen LogP contribution in [0.4, 0.5) is 0 Å². The van der Waals surface area contributed by atoms with E-state index in [4.69, 9.17) is 22.6 Å². The Morgan fingerprint density at radius 2 is 0.964 bits per heavy atom. The minimum absolute atomic E-state index is 0.00549. The van der Waals surface area contributed by atoms with Gasteiger partial charge in [0, 0.05) is 88.8 Å². The molecule has 0 radical (unpaired) electrons. The van der Waals surface area contributed by atoms with Gasteiger partial charge in [0.25, 0.3) is 0 Å². The minimum atomic E-state index is -1.79. The molecule has 0 spiro atoms. The molecule has 6 heterocycles. The zero-order valence-corrected chi connectivity index (χ0v) is 82.5. The molecule has 0 aliphatic carbocycles. The van der Waals surface area contributed by atoms with Crippen LogP contribution >= 0.6 is 21.6 Å². The molecule has 4 aliphatic rings. The number of nitrogens with one attached hydrogen (secondary N) is 15. The zero-order chi connectivity index (χ0) is 103. The van der Waals surface area contributed by atoms with Gasteiger partial charge in [-0.2, -0.15) is 0 Å². The zero-order valence-electron chi connectivity index (χ0n) is 80.8. The number of rotatable bonds is 58. The normalized spacial score (nSPS) is 18.6. The monoisotopic (exact) mass is 1990 g/mol. The number of hydrogen-bond acceptors (Lipinski definition) is 26. The molecule has 17 atom stereocenters. The van der Waals surface area contributed by atoms with Gasteiger partial charge in [0.15, 0.2) is 5.96 Å². The van der Waals surface area contributed by atoms with E-state index in [1.807, 2.05) is 18.2 Å². The summed E-state index contributed by atoms with van der Waals surface area (Å²) < 4.78 is 0. The third-order valence-corrected chi connectivity index (χ3v) is 26.7. The van der Waals surface area contributed by atoms with Crippen molar-refractivity contribution in [2.45, 2.75) is 319 Å². The number of unbranched alkanes of at least 4 members (excludes halogenated alkanes) is 2. The Balaban J connectivity index is 1.08.